The monoisotopic (exact) mass is 759 g/mol. The predicted molar refractivity (Wildman–Crippen MR) is 245 cm³/mol. The smallest absolute Gasteiger partial charge is 0.136 e. The molecule has 0 aliphatic heterocycles. The summed E-state index contributed by atoms with van der Waals surface area (Å²) in [5.41, 5.74) is 13.9. The highest BCUT2D eigenvalue weighted by Gasteiger charge is 2.18. The summed E-state index contributed by atoms with van der Waals surface area (Å²) in [6, 6.07) is 71.5. The van der Waals surface area contributed by atoms with Gasteiger partial charge in [0.2, 0.25) is 0 Å². The molecule has 0 fully saturated rings. The molecule has 0 atom stereocenters. The van der Waals surface area contributed by atoms with Gasteiger partial charge in [-0.3, -0.25) is 0 Å². The van der Waals surface area contributed by atoms with Crippen LogP contribution in [0, 0.1) is 0 Å². The molecule has 3 aromatic heterocycles. The van der Waals surface area contributed by atoms with E-state index < -0.39 is 0 Å². The summed E-state index contributed by atoms with van der Waals surface area (Å²) in [5.74, 6) is 0. The second kappa shape index (κ2) is 13.1. The van der Waals surface area contributed by atoms with Crippen molar-refractivity contribution < 1.29 is 8.83 Å². The summed E-state index contributed by atoms with van der Waals surface area (Å²) in [5, 5.41) is 7.17. The van der Waals surface area contributed by atoms with E-state index >= 15 is 0 Å². The van der Waals surface area contributed by atoms with Crippen LogP contribution in [0.4, 0.5) is 17.1 Å². The third-order valence-electron chi connectivity index (χ3n) is 11.5. The molecule has 0 bridgehead atoms. The molecule has 4 heteroatoms. The van der Waals surface area contributed by atoms with Crippen LogP contribution in [0.3, 0.4) is 0 Å². The second-order valence-corrected chi connectivity index (χ2v) is 15.9. The molecule has 0 N–H and O–H groups in total. The molecule has 9 aromatic carbocycles. The Hall–Kier alpha value is -7.40. The van der Waals surface area contributed by atoms with Crippen LogP contribution in [0.1, 0.15) is 0 Å². The first-order valence-electron chi connectivity index (χ1n) is 19.6. The first-order chi connectivity index (χ1) is 28.7. The average Bonchev–Trinajstić information content (AvgIpc) is 3.99. The van der Waals surface area contributed by atoms with Gasteiger partial charge in [0.25, 0.3) is 0 Å². The van der Waals surface area contributed by atoms with Crippen LogP contribution >= 0.6 is 11.3 Å². The van der Waals surface area contributed by atoms with Gasteiger partial charge in [0.15, 0.2) is 0 Å². The van der Waals surface area contributed by atoms with Crippen molar-refractivity contribution in [2.45, 2.75) is 0 Å². The fraction of sp³-hybridized carbons (Fsp3) is 0. The number of anilines is 3. The Morgan fingerprint density at radius 3 is 1.17 bits per heavy atom. The molecule has 12 rings (SSSR count). The quantitative estimate of drug-likeness (QED) is 0.169. The Balaban J connectivity index is 0.973. The number of para-hydroxylation sites is 2. The minimum atomic E-state index is 0.898. The molecule has 272 valence electrons. The van der Waals surface area contributed by atoms with Crippen molar-refractivity contribution in [3.8, 4) is 33.4 Å². The Morgan fingerprint density at radius 1 is 0.293 bits per heavy atom. The zero-order valence-corrected chi connectivity index (χ0v) is 32.0. The summed E-state index contributed by atoms with van der Waals surface area (Å²) >= 11 is 1.86. The third kappa shape index (κ3) is 5.19. The van der Waals surface area contributed by atoms with Crippen LogP contribution in [-0.2, 0) is 0 Å². The molecular formula is C54H33NO2S. The van der Waals surface area contributed by atoms with Gasteiger partial charge in [-0.1, -0.05) is 127 Å². The van der Waals surface area contributed by atoms with Crippen LogP contribution in [0.25, 0.3) is 97.4 Å². The Kier molecular flexibility index (Phi) is 7.40. The highest BCUT2D eigenvalue weighted by Crippen LogP contribution is 2.44. The van der Waals surface area contributed by atoms with Gasteiger partial charge in [-0.2, -0.15) is 0 Å². The van der Waals surface area contributed by atoms with Crippen molar-refractivity contribution in [3.05, 3.63) is 200 Å². The highest BCUT2D eigenvalue weighted by atomic mass is 32.1. The topological polar surface area (TPSA) is 29.5 Å². The van der Waals surface area contributed by atoms with Crippen molar-refractivity contribution in [3.63, 3.8) is 0 Å². The zero-order valence-electron chi connectivity index (χ0n) is 31.2. The summed E-state index contributed by atoms with van der Waals surface area (Å²) in [6.45, 7) is 0. The Morgan fingerprint density at radius 2 is 0.672 bits per heavy atom. The van der Waals surface area contributed by atoms with Crippen LogP contribution in [0.5, 0.6) is 0 Å². The maximum atomic E-state index is 6.24. The van der Waals surface area contributed by atoms with E-state index in [-0.39, 0.29) is 0 Å². The number of benzene rings is 9. The molecule has 0 aliphatic carbocycles. The maximum Gasteiger partial charge on any atom is 0.136 e. The van der Waals surface area contributed by atoms with Crippen LogP contribution in [0.15, 0.2) is 209 Å². The first-order valence-corrected chi connectivity index (χ1v) is 20.4. The van der Waals surface area contributed by atoms with E-state index in [1.54, 1.807) is 0 Å². The van der Waals surface area contributed by atoms with E-state index in [9.17, 15) is 0 Å². The fourth-order valence-electron chi connectivity index (χ4n) is 8.86. The largest absolute Gasteiger partial charge is 0.456 e. The normalized spacial score (nSPS) is 11.8. The second-order valence-electron chi connectivity index (χ2n) is 14.8. The lowest BCUT2D eigenvalue weighted by atomic mass is 9.98. The Bertz CT molecular complexity index is 3120. The summed E-state index contributed by atoms with van der Waals surface area (Å²) in [7, 11) is 0. The van der Waals surface area contributed by atoms with E-state index in [4.69, 9.17) is 8.83 Å². The van der Waals surface area contributed by atoms with Gasteiger partial charge in [0.05, 0.1) is 0 Å². The van der Waals surface area contributed by atoms with Crippen molar-refractivity contribution >= 4 is 92.4 Å². The van der Waals surface area contributed by atoms with E-state index in [2.05, 4.69) is 181 Å². The molecule has 58 heavy (non-hydrogen) atoms. The maximum absolute atomic E-state index is 6.24. The number of thiophene rings is 1. The number of hydrogen-bond acceptors (Lipinski definition) is 4. The van der Waals surface area contributed by atoms with Crippen molar-refractivity contribution in [2.24, 2.45) is 0 Å². The molecule has 12 aromatic rings. The molecule has 0 radical (unpaired) electrons. The van der Waals surface area contributed by atoms with Crippen molar-refractivity contribution in [1.82, 2.24) is 0 Å². The lowest BCUT2D eigenvalue weighted by molar-refractivity contribution is 0.668. The van der Waals surface area contributed by atoms with Crippen molar-refractivity contribution in [1.29, 1.82) is 0 Å². The Labute approximate surface area is 338 Å². The molecule has 0 saturated carbocycles. The minimum Gasteiger partial charge on any atom is -0.456 e. The number of nitrogens with zero attached hydrogens (tertiary/aromatic N) is 1. The molecule has 3 heterocycles. The SMILES string of the molecule is c1ccc2c(c1)oc1cccc(-c3ccc(N(c4ccc(-c5cccc6oc7ccccc7c56)cc4)c4ccc(-c5cccc6sc7ccccc7c56)cc4)cc3)c12. The fourth-order valence-corrected chi connectivity index (χ4v) is 10.00. The number of rotatable bonds is 6. The van der Waals surface area contributed by atoms with Gasteiger partial charge in [-0.05, 0) is 106 Å². The number of furan rings is 2. The summed E-state index contributed by atoms with van der Waals surface area (Å²) in [4.78, 5) is 2.35. The van der Waals surface area contributed by atoms with Gasteiger partial charge in [-0.25, -0.2) is 0 Å². The van der Waals surface area contributed by atoms with Gasteiger partial charge in [0.1, 0.15) is 22.3 Å². The predicted octanol–water partition coefficient (Wildman–Crippen LogP) is 16.3. The minimum absolute atomic E-state index is 0.898. The van der Waals surface area contributed by atoms with E-state index in [1.807, 2.05) is 35.6 Å². The zero-order chi connectivity index (χ0) is 38.2. The molecular weight excluding hydrogens is 727 g/mol. The van der Waals surface area contributed by atoms with Gasteiger partial charge >= 0.3 is 0 Å². The third-order valence-corrected chi connectivity index (χ3v) is 12.7. The molecule has 0 amide bonds. The number of fused-ring (bicyclic) bond motifs is 9. The van der Waals surface area contributed by atoms with Crippen LogP contribution in [0.2, 0.25) is 0 Å². The lowest BCUT2D eigenvalue weighted by Crippen LogP contribution is -2.09. The van der Waals surface area contributed by atoms with E-state index in [1.165, 1.54) is 31.3 Å². The first kappa shape index (κ1) is 32.8. The van der Waals surface area contributed by atoms with Gasteiger partial charge in [0, 0.05) is 58.8 Å². The van der Waals surface area contributed by atoms with Gasteiger partial charge < -0.3 is 13.7 Å². The van der Waals surface area contributed by atoms with E-state index in [0.717, 1.165) is 83.2 Å². The van der Waals surface area contributed by atoms with Gasteiger partial charge in [-0.15, -0.1) is 11.3 Å². The van der Waals surface area contributed by atoms with Crippen molar-refractivity contribution in [2.75, 3.05) is 4.90 Å². The molecule has 0 unspecified atom stereocenters. The van der Waals surface area contributed by atoms with Crippen LogP contribution in [-0.4, -0.2) is 0 Å². The molecule has 0 saturated heterocycles. The average molecular weight is 760 g/mol. The summed E-state index contributed by atoms with van der Waals surface area (Å²) < 4.78 is 15.1. The van der Waals surface area contributed by atoms with E-state index in [0.29, 0.717) is 0 Å². The number of hydrogen-bond donors (Lipinski definition) is 0. The molecule has 0 aliphatic rings. The summed E-state index contributed by atoms with van der Waals surface area (Å²) in [6.07, 6.45) is 0. The standard InChI is InChI=1S/C54H33NO2S/c1-4-16-46-43(10-1)52-40(13-7-18-48(52)56-46)34-22-28-37(29-23-34)55(38-30-24-35(25-31-38)41-14-8-19-49-53(41)44-11-2-5-17-47(44)57-49)39-32-26-36(27-33-39)42-15-9-21-51-54(42)45-12-3-6-20-50(45)58-51/h1-33H. The highest BCUT2D eigenvalue weighted by molar-refractivity contribution is 7.25. The molecule has 3 nitrogen and oxygen atoms in total. The van der Waals surface area contributed by atoms with Crippen LogP contribution < -0.4 is 4.90 Å². The molecule has 0 spiro atoms. The lowest BCUT2D eigenvalue weighted by Gasteiger charge is -2.26.